The molecule has 4 heterocycles. The van der Waals surface area contributed by atoms with E-state index in [4.69, 9.17) is 9.15 Å². The molecule has 19 heavy (non-hydrogen) atoms. The first-order valence-electron chi connectivity index (χ1n) is 6.35. The van der Waals surface area contributed by atoms with Crippen LogP contribution in [0.4, 0.5) is 0 Å². The van der Waals surface area contributed by atoms with Crippen LogP contribution in [0.25, 0.3) is 0 Å². The van der Waals surface area contributed by atoms with Gasteiger partial charge in [-0.05, 0) is 19.1 Å². The molecule has 2 saturated heterocycles. The molecule has 4 atom stereocenters. The molecule has 3 aliphatic rings. The number of carbonyl (C=O) groups is 2. The van der Waals surface area contributed by atoms with Gasteiger partial charge in [0.15, 0.2) is 0 Å². The summed E-state index contributed by atoms with van der Waals surface area (Å²) in [6.45, 7) is 2.08. The molecule has 1 aromatic rings. The first-order chi connectivity index (χ1) is 9.10. The van der Waals surface area contributed by atoms with Crippen LogP contribution in [0.3, 0.4) is 0 Å². The normalized spacial score (nSPS) is 39.4. The average molecular weight is 259 g/mol. The van der Waals surface area contributed by atoms with Crippen LogP contribution in [0.1, 0.15) is 12.7 Å². The molecule has 0 saturated carbocycles. The Morgan fingerprint density at radius 1 is 1.37 bits per heavy atom. The van der Waals surface area contributed by atoms with E-state index in [0.29, 0.717) is 5.76 Å². The molecule has 1 aromatic heterocycles. The third kappa shape index (κ3) is 1.28. The van der Waals surface area contributed by atoms with Crippen molar-refractivity contribution in [3.8, 4) is 0 Å². The fraction of sp³-hybridized carbons (Fsp3) is 0.429. The van der Waals surface area contributed by atoms with Gasteiger partial charge >= 0.3 is 0 Å². The van der Waals surface area contributed by atoms with Crippen LogP contribution in [0.15, 0.2) is 35.0 Å². The SMILES string of the molecule is C[C@@]12C=C[C@@H](O1)[C@@H]1C(=O)N(Cc3ccco3)C(=O)[C@@H]12. The molecule has 0 unspecified atom stereocenters. The number of furan rings is 1. The number of carbonyl (C=O) groups excluding carboxylic acids is 2. The van der Waals surface area contributed by atoms with Crippen molar-refractivity contribution in [3.05, 3.63) is 36.3 Å². The molecular formula is C14H13NO4. The Kier molecular flexibility index (Phi) is 1.94. The number of hydrogen-bond donors (Lipinski definition) is 0. The summed E-state index contributed by atoms with van der Waals surface area (Å²) in [6, 6.07) is 3.51. The number of likely N-dealkylation sites (tertiary alicyclic amines) is 1. The van der Waals surface area contributed by atoms with Gasteiger partial charge in [-0.1, -0.05) is 12.2 Å². The van der Waals surface area contributed by atoms with E-state index in [2.05, 4.69) is 0 Å². The Morgan fingerprint density at radius 3 is 2.89 bits per heavy atom. The van der Waals surface area contributed by atoms with Crippen molar-refractivity contribution in [1.82, 2.24) is 4.90 Å². The largest absolute Gasteiger partial charge is 0.467 e. The summed E-state index contributed by atoms with van der Waals surface area (Å²) in [7, 11) is 0. The van der Waals surface area contributed by atoms with Crippen molar-refractivity contribution >= 4 is 11.8 Å². The molecule has 2 bridgehead atoms. The van der Waals surface area contributed by atoms with E-state index in [0.717, 1.165) is 0 Å². The molecule has 0 N–H and O–H groups in total. The molecule has 5 nitrogen and oxygen atoms in total. The number of amides is 2. The van der Waals surface area contributed by atoms with Gasteiger partial charge in [-0.3, -0.25) is 14.5 Å². The van der Waals surface area contributed by atoms with Gasteiger partial charge in [-0.15, -0.1) is 0 Å². The summed E-state index contributed by atoms with van der Waals surface area (Å²) in [4.78, 5) is 26.2. The fourth-order valence-corrected chi connectivity index (χ4v) is 3.43. The highest BCUT2D eigenvalue weighted by molar-refractivity contribution is 6.07. The minimum atomic E-state index is -0.625. The Balaban J connectivity index is 1.68. The van der Waals surface area contributed by atoms with E-state index in [9.17, 15) is 9.59 Å². The predicted octanol–water partition coefficient (Wildman–Crippen LogP) is 1.11. The van der Waals surface area contributed by atoms with Crippen LogP contribution in [-0.2, 0) is 20.9 Å². The highest BCUT2D eigenvalue weighted by atomic mass is 16.5. The average Bonchev–Trinajstić information content (AvgIpc) is 3.09. The van der Waals surface area contributed by atoms with E-state index in [-0.39, 0.29) is 36.3 Å². The molecule has 0 aromatic carbocycles. The van der Waals surface area contributed by atoms with Crippen LogP contribution in [0, 0.1) is 11.8 Å². The lowest BCUT2D eigenvalue weighted by atomic mass is 9.78. The van der Waals surface area contributed by atoms with Crippen LogP contribution < -0.4 is 0 Å². The Hall–Kier alpha value is -1.88. The molecule has 4 rings (SSSR count). The zero-order valence-corrected chi connectivity index (χ0v) is 10.4. The molecule has 0 spiro atoms. The van der Waals surface area contributed by atoms with Crippen molar-refractivity contribution in [2.24, 2.45) is 11.8 Å². The fourth-order valence-electron chi connectivity index (χ4n) is 3.43. The number of fused-ring (bicyclic) bond motifs is 5. The number of ether oxygens (including phenoxy) is 1. The maximum atomic E-state index is 12.5. The quantitative estimate of drug-likeness (QED) is 0.589. The van der Waals surface area contributed by atoms with Gasteiger partial charge in [-0.25, -0.2) is 0 Å². The number of rotatable bonds is 2. The third-order valence-corrected chi connectivity index (χ3v) is 4.31. The van der Waals surface area contributed by atoms with Gasteiger partial charge in [0.25, 0.3) is 0 Å². The summed E-state index contributed by atoms with van der Waals surface area (Å²) in [5.41, 5.74) is -0.625. The summed E-state index contributed by atoms with van der Waals surface area (Å²) >= 11 is 0. The van der Waals surface area contributed by atoms with Gasteiger partial charge < -0.3 is 9.15 Å². The van der Waals surface area contributed by atoms with E-state index in [1.165, 1.54) is 11.2 Å². The van der Waals surface area contributed by atoms with Gasteiger partial charge in [0.05, 0.1) is 36.3 Å². The van der Waals surface area contributed by atoms with Crippen LogP contribution >= 0.6 is 0 Å². The zero-order valence-electron chi connectivity index (χ0n) is 10.4. The maximum Gasteiger partial charge on any atom is 0.236 e. The minimum Gasteiger partial charge on any atom is -0.467 e. The number of nitrogens with zero attached hydrogens (tertiary/aromatic N) is 1. The smallest absolute Gasteiger partial charge is 0.236 e. The Morgan fingerprint density at radius 2 is 2.21 bits per heavy atom. The lowest BCUT2D eigenvalue weighted by molar-refractivity contribution is -0.144. The van der Waals surface area contributed by atoms with Crippen LogP contribution in [-0.4, -0.2) is 28.4 Å². The van der Waals surface area contributed by atoms with Crippen molar-refractivity contribution < 1.29 is 18.7 Å². The standard InChI is InChI=1S/C14H13NO4/c1-14-5-4-9(19-14)10-11(14)13(17)15(12(10)16)7-8-3-2-6-18-8/h2-6,9-11H,7H2,1H3/t9-,10+,11-,14+/m1/s1. The molecule has 5 heteroatoms. The maximum absolute atomic E-state index is 12.5. The van der Waals surface area contributed by atoms with Crippen LogP contribution in [0.5, 0.6) is 0 Å². The zero-order chi connectivity index (χ0) is 13.2. The Bertz CT molecular complexity index is 591. The highest BCUT2D eigenvalue weighted by Gasteiger charge is 2.65. The number of hydrogen-bond acceptors (Lipinski definition) is 4. The molecule has 3 aliphatic heterocycles. The van der Waals surface area contributed by atoms with Crippen LogP contribution in [0.2, 0.25) is 0 Å². The second-order valence-corrected chi connectivity index (χ2v) is 5.47. The van der Waals surface area contributed by atoms with Gasteiger partial charge in [0, 0.05) is 0 Å². The van der Waals surface area contributed by atoms with Gasteiger partial charge in [-0.2, -0.15) is 0 Å². The summed E-state index contributed by atoms with van der Waals surface area (Å²) in [6.07, 6.45) is 5.08. The second kappa shape index (κ2) is 3.36. The van der Waals surface area contributed by atoms with Gasteiger partial charge in [0.1, 0.15) is 5.76 Å². The lowest BCUT2D eigenvalue weighted by Crippen LogP contribution is -2.38. The van der Waals surface area contributed by atoms with E-state index < -0.39 is 5.60 Å². The Labute approximate surface area is 109 Å². The summed E-state index contributed by atoms with van der Waals surface area (Å²) in [5, 5.41) is 0. The lowest BCUT2D eigenvalue weighted by Gasteiger charge is -2.23. The molecular weight excluding hydrogens is 246 g/mol. The summed E-state index contributed by atoms with van der Waals surface area (Å²) in [5.74, 6) is -0.430. The molecule has 0 radical (unpaired) electrons. The molecule has 98 valence electrons. The van der Waals surface area contributed by atoms with Crippen molar-refractivity contribution in [2.45, 2.75) is 25.2 Å². The van der Waals surface area contributed by atoms with E-state index >= 15 is 0 Å². The molecule has 2 fully saturated rings. The topological polar surface area (TPSA) is 59.8 Å². The highest BCUT2D eigenvalue weighted by Crippen LogP contribution is 2.51. The van der Waals surface area contributed by atoms with Gasteiger partial charge in [0.2, 0.25) is 11.8 Å². The molecule has 0 aliphatic carbocycles. The first-order valence-corrected chi connectivity index (χ1v) is 6.35. The van der Waals surface area contributed by atoms with E-state index in [1.54, 1.807) is 12.1 Å². The van der Waals surface area contributed by atoms with Crippen molar-refractivity contribution in [1.29, 1.82) is 0 Å². The second-order valence-electron chi connectivity index (χ2n) is 5.47. The van der Waals surface area contributed by atoms with E-state index in [1.807, 2.05) is 19.1 Å². The number of imide groups is 1. The van der Waals surface area contributed by atoms with Crippen molar-refractivity contribution in [3.63, 3.8) is 0 Å². The third-order valence-electron chi connectivity index (χ3n) is 4.31. The van der Waals surface area contributed by atoms with Crippen molar-refractivity contribution in [2.75, 3.05) is 0 Å². The minimum absolute atomic E-state index is 0.149. The molecule has 2 amide bonds. The summed E-state index contributed by atoms with van der Waals surface area (Å²) < 4.78 is 11.0. The monoisotopic (exact) mass is 259 g/mol. The first kappa shape index (κ1) is 11.0. The predicted molar refractivity (Wildman–Crippen MR) is 63.7 cm³/mol.